The summed E-state index contributed by atoms with van der Waals surface area (Å²) >= 11 is 0. The fourth-order valence-electron chi connectivity index (χ4n) is 2.64. The third-order valence-electron chi connectivity index (χ3n) is 3.86. The fourth-order valence-corrected chi connectivity index (χ4v) is 2.64. The molecule has 1 saturated heterocycles. The number of rotatable bonds is 5. The van der Waals surface area contributed by atoms with Crippen LogP contribution in [0.25, 0.3) is 0 Å². The van der Waals surface area contributed by atoms with Crippen molar-refractivity contribution in [3.8, 4) is 5.75 Å². The number of hydrogen-bond donors (Lipinski definition) is 1. The van der Waals surface area contributed by atoms with E-state index in [1.807, 2.05) is 12.1 Å². The molecular formula is C15H24N2O2. The zero-order valence-corrected chi connectivity index (χ0v) is 11.9. The highest BCUT2D eigenvalue weighted by Crippen LogP contribution is 2.17. The monoisotopic (exact) mass is 264 g/mol. The van der Waals surface area contributed by atoms with Crippen LogP contribution >= 0.6 is 0 Å². The average Bonchev–Trinajstić information content (AvgIpc) is 2.43. The van der Waals surface area contributed by atoms with Gasteiger partial charge in [0.25, 0.3) is 0 Å². The maximum absolute atomic E-state index is 9.12. The highest BCUT2D eigenvalue weighted by Gasteiger charge is 2.23. The van der Waals surface area contributed by atoms with Crippen molar-refractivity contribution >= 4 is 0 Å². The molecule has 0 bridgehead atoms. The van der Waals surface area contributed by atoms with E-state index >= 15 is 0 Å². The van der Waals surface area contributed by atoms with Crippen LogP contribution < -0.4 is 4.74 Å². The van der Waals surface area contributed by atoms with Gasteiger partial charge in [-0.25, -0.2) is 0 Å². The second-order valence-electron chi connectivity index (χ2n) is 5.23. The summed E-state index contributed by atoms with van der Waals surface area (Å²) in [6.45, 7) is 4.38. The van der Waals surface area contributed by atoms with E-state index in [0.717, 1.165) is 38.3 Å². The van der Waals surface area contributed by atoms with E-state index in [1.54, 1.807) is 7.11 Å². The minimum Gasteiger partial charge on any atom is -0.497 e. The van der Waals surface area contributed by atoms with Gasteiger partial charge < -0.3 is 14.7 Å². The summed E-state index contributed by atoms with van der Waals surface area (Å²) in [5, 5.41) is 9.12. The van der Waals surface area contributed by atoms with Crippen molar-refractivity contribution in [1.82, 2.24) is 9.80 Å². The largest absolute Gasteiger partial charge is 0.497 e. The van der Waals surface area contributed by atoms with Gasteiger partial charge in [0.2, 0.25) is 0 Å². The smallest absolute Gasteiger partial charge is 0.119 e. The van der Waals surface area contributed by atoms with Crippen molar-refractivity contribution < 1.29 is 9.84 Å². The Balaban J connectivity index is 1.95. The Bertz CT molecular complexity index is 397. The molecule has 0 spiro atoms. The highest BCUT2D eigenvalue weighted by molar-refractivity contribution is 5.28. The molecule has 0 amide bonds. The molecule has 106 valence electrons. The molecule has 0 aromatic heterocycles. The lowest BCUT2D eigenvalue weighted by molar-refractivity contribution is 0.0743. The van der Waals surface area contributed by atoms with Crippen LogP contribution in [0, 0.1) is 0 Å². The molecule has 1 atom stereocenters. The lowest BCUT2D eigenvalue weighted by Gasteiger charge is -2.39. The van der Waals surface area contributed by atoms with Gasteiger partial charge >= 0.3 is 0 Å². The first-order chi connectivity index (χ1) is 9.22. The molecule has 2 rings (SSSR count). The van der Waals surface area contributed by atoms with Gasteiger partial charge in [-0.2, -0.15) is 0 Å². The van der Waals surface area contributed by atoms with Crippen LogP contribution in [0.5, 0.6) is 5.75 Å². The second kappa shape index (κ2) is 6.89. The van der Waals surface area contributed by atoms with Gasteiger partial charge in [-0.3, -0.25) is 4.90 Å². The Morgan fingerprint density at radius 1 is 1.37 bits per heavy atom. The molecular weight excluding hydrogens is 240 g/mol. The molecule has 0 aliphatic carbocycles. The van der Waals surface area contributed by atoms with Gasteiger partial charge in [0.15, 0.2) is 0 Å². The molecule has 1 aliphatic rings. The van der Waals surface area contributed by atoms with Crippen LogP contribution in [0.2, 0.25) is 0 Å². The zero-order valence-electron chi connectivity index (χ0n) is 11.9. The third kappa shape index (κ3) is 3.93. The number of aliphatic hydroxyl groups excluding tert-OH is 1. The van der Waals surface area contributed by atoms with Crippen LogP contribution in [-0.2, 0) is 6.54 Å². The van der Waals surface area contributed by atoms with Gasteiger partial charge in [-0.15, -0.1) is 0 Å². The van der Waals surface area contributed by atoms with E-state index in [-0.39, 0.29) is 6.61 Å². The Morgan fingerprint density at radius 2 is 2.21 bits per heavy atom. The molecule has 4 heteroatoms. The van der Waals surface area contributed by atoms with Crippen molar-refractivity contribution in [2.75, 3.05) is 40.4 Å². The molecule has 19 heavy (non-hydrogen) atoms. The molecule has 1 aliphatic heterocycles. The molecule has 1 aromatic rings. The van der Waals surface area contributed by atoms with Crippen molar-refractivity contribution in [3.05, 3.63) is 29.8 Å². The normalized spacial score (nSPS) is 21.5. The second-order valence-corrected chi connectivity index (χ2v) is 5.23. The Kier molecular flexibility index (Phi) is 5.19. The molecule has 1 fully saturated rings. The van der Waals surface area contributed by atoms with Gasteiger partial charge in [0, 0.05) is 38.8 Å². The fraction of sp³-hybridized carbons (Fsp3) is 0.600. The van der Waals surface area contributed by atoms with Crippen LogP contribution in [-0.4, -0.2) is 61.3 Å². The van der Waals surface area contributed by atoms with Crippen LogP contribution in [0.1, 0.15) is 12.0 Å². The molecule has 0 saturated carbocycles. The number of hydrogen-bond acceptors (Lipinski definition) is 4. The SMILES string of the molecule is COc1cccc(CN2CCN(C)[C@@H](CCO)C2)c1. The van der Waals surface area contributed by atoms with E-state index in [4.69, 9.17) is 9.84 Å². The van der Waals surface area contributed by atoms with Gasteiger partial charge in [0.1, 0.15) is 5.75 Å². The molecule has 1 heterocycles. The van der Waals surface area contributed by atoms with Crippen molar-refractivity contribution in [1.29, 1.82) is 0 Å². The van der Waals surface area contributed by atoms with Crippen LogP contribution in [0.15, 0.2) is 24.3 Å². The summed E-state index contributed by atoms with van der Waals surface area (Å²) in [7, 11) is 3.84. The summed E-state index contributed by atoms with van der Waals surface area (Å²) in [6, 6.07) is 8.71. The zero-order chi connectivity index (χ0) is 13.7. The van der Waals surface area contributed by atoms with Crippen molar-refractivity contribution in [3.63, 3.8) is 0 Å². The molecule has 1 N–H and O–H groups in total. The van der Waals surface area contributed by atoms with Crippen LogP contribution in [0.3, 0.4) is 0 Å². The van der Waals surface area contributed by atoms with Crippen molar-refractivity contribution in [2.24, 2.45) is 0 Å². The third-order valence-corrected chi connectivity index (χ3v) is 3.86. The van der Waals surface area contributed by atoms with E-state index in [2.05, 4.69) is 29.0 Å². The molecule has 1 aromatic carbocycles. The number of ether oxygens (including phenoxy) is 1. The summed E-state index contributed by atoms with van der Waals surface area (Å²) in [6.07, 6.45) is 0.852. The Morgan fingerprint density at radius 3 is 2.95 bits per heavy atom. The summed E-state index contributed by atoms with van der Waals surface area (Å²) < 4.78 is 5.26. The lowest BCUT2D eigenvalue weighted by atomic mass is 10.1. The molecule has 4 nitrogen and oxygen atoms in total. The van der Waals surface area contributed by atoms with Gasteiger partial charge in [0.05, 0.1) is 7.11 Å². The first kappa shape index (κ1) is 14.3. The number of aliphatic hydroxyl groups is 1. The number of benzene rings is 1. The van der Waals surface area contributed by atoms with E-state index < -0.39 is 0 Å². The van der Waals surface area contributed by atoms with Crippen molar-refractivity contribution in [2.45, 2.75) is 19.0 Å². The number of methoxy groups -OCH3 is 1. The topological polar surface area (TPSA) is 35.9 Å². The van der Waals surface area contributed by atoms with Gasteiger partial charge in [-0.1, -0.05) is 12.1 Å². The lowest BCUT2D eigenvalue weighted by Crippen LogP contribution is -2.51. The predicted molar refractivity (Wildman–Crippen MR) is 76.4 cm³/mol. The van der Waals surface area contributed by atoms with E-state index in [0.29, 0.717) is 6.04 Å². The molecule has 0 radical (unpaired) electrons. The average molecular weight is 264 g/mol. The quantitative estimate of drug-likeness (QED) is 0.867. The first-order valence-electron chi connectivity index (χ1n) is 6.89. The number of likely N-dealkylation sites (N-methyl/N-ethyl adjacent to an activating group) is 1. The minimum atomic E-state index is 0.266. The Hall–Kier alpha value is -1.10. The Labute approximate surface area is 115 Å². The van der Waals surface area contributed by atoms with Gasteiger partial charge in [-0.05, 0) is 31.2 Å². The summed E-state index contributed by atoms with van der Waals surface area (Å²) in [5.41, 5.74) is 1.28. The summed E-state index contributed by atoms with van der Waals surface area (Å²) in [4.78, 5) is 4.80. The first-order valence-corrected chi connectivity index (χ1v) is 6.89. The predicted octanol–water partition coefficient (Wildman–Crippen LogP) is 1.19. The number of nitrogens with zero attached hydrogens (tertiary/aromatic N) is 2. The minimum absolute atomic E-state index is 0.266. The number of piperazine rings is 1. The highest BCUT2D eigenvalue weighted by atomic mass is 16.5. The van der Waals surface area contributed by atoms with E-state index in [1.165, 1.54) is 5.56 Å². The summed E-state index contributed by atoms with van der Waals surface area (Å²) in [5.74, 6) is 0.915. The molecule has 0 unspecified atom stereocenters. The van der Waals surface area contributed by atoms with E-state index in [9.17, 15) is 0 Å². The maximum Gasteiger partial charge on any atom is 0.119 e. The maximum atomic E-state index is 9.12. The van der Waals surface area contributed by atoms with Crippen LogP contribution in [0.4, 0.5) is 0 Å². The standard InChI is InChI=1S/C15H24N2O2/c1-16-7-8-17(12-14(16)6-9-18)11-13-4-3-5-15(10-13)19-2/h3-5,10,14,18H,6-9,11-12H2,1-2H3/t14-/m0/s1.